The Balaban J connectivity index is 1.44. The number of aryl methyl sites for hydroxylation is 2. The van der Waals surface area contributed by atoms with Crippen molar-refractivity contribution >= 4 is 21.5 Å². The maximum Gasteiger partial charge on any atom is 0.305 e. The summed E-state index contributed by atoms with van der Waals surface area (Å²) >= 11 is 0. The Morgan fingerprint density at radius 2 is 1.81 bits per heavy atom. The summed E-state index contributed by atoms with van der Waals surface area (Å²) in [6, 6.07) is 1.72. The summed E-state index contributed by atoms with van der Waals surface area (Å²) in [5.74, 6) is 0.449. The van der Waals surface area contributed by atoms with E-state index in [0.717, 1.165) is 37.8 Å². The number of carbonyl (C=O) groups excluding carboxylic acids is 2. The minimum atomic E-state index is -2.71. The summed E-state index contributed by atoms with van der Waals surface area (Å²) < 4.78 is 19.1. The van der Waals surface area contributed by atoms with Gasteiger partial charge in [0.1, 0.15) is 0 Å². The van der Waals surface area contributed by atoms with Gasteiger partial charge in [0.2, 0.25) is 5.91 Å². The molecule has 1 aromatic heterocycles. The average molecular weight is 449 g/mol. The van der Waals surface area contributed by atoms with Crippen LogP contribution in [0.5, 0.6) is 0 Å². The van der Waals surface area contributed by atoms with E-state index < -0.39 is 15.6 Å². The third kappa shape index (κ3) is 3.55. The molecule has 1 aliphatic heterocycles. The number of hydrogen-bond donors (Lipinski definition) is 0. The van der Waals surface area contributed by atoms with Crippen LogP contribution in [0.15, 0.2) is 10.4 Å². The first-order valence-corrected chi connectivity index (χ1v) is 13.6. The zero-order valence-corrected chi connectivity index (χ0v) is 20.3. The number of fused-ring (bicyclic) bond motifs is 2. The van der Waals surface area contributed by atoms with E-state index in [4.69, 9.17) is 0 Å². The normalized spacial score (nSPS) is 29.7. The lowest BCUT2D eigenvalue weighted by Gasteiger charge is -2.42. The molecule has 172 valence electrons. The Bertz CT molecular complexity index is 1000. The summed E-state index contributed by atoms with van der Waals surface area (Å²) in [5, 5.41) is 4.04. The highest BCUT2D eigenvalue weighted by atomic mass is 32.2. The third-order valence-electron chi connectivity index (χ3n) is 8.67. The maximum absolute atomic E-state index is 13.5. The molecule has 2 aliphatic carbocycles. The first-order chi connectivity index (χ1) is 14.5. The molecule has 31 heavy (non-hydrogen) atoms. The summed E-state index contributed by atoms with van der Waals surface area (Å²) in [5.41, 5.74) is 1.05. The third-order valence-corrected chi connectivity index (χ3v) is 10.9. The molecule has 4 rings (SSSR count). The number of rotatable bonds is 4. The highest BCUT2D eigenvalue weighted by Gasteiger charge is 2.63. The molecule has 2 bridgehead atoms. The number of aromatic nitrogens is 2. The number of nitrogens with zero attached hydrogens (tertiary/aromatic N) is 4. The van der Waals surface area contributed by atoms with Gasteiger partial charge in [-0.1, -0.05) is 20.8 Å². The Labute approximate surface area is 186 Å². The number of likely N-dealkylation sites (tertiary alicyclic amines) is 1. The van der Waals surface area contributed by atoms with Gasteiger partial charge in [-0.2, -0.15) is 9.46 Å². The van der Waals surface area contributed by atoms with Crippen molar-refractivity contribution in [1.29, 1.82) is 0 Å². The Hall–Kier alpha value is -1.70. The molecule has 1 atom stereocenters. The summed E-state index contributed by atoms with van der Waals surface area (Å²) in [4.78, 5) is 28.1. The van der Waals surface area contributed by atoms with Crippen LogP contribution in [0, 0.1) is 16.7 Å². The fraction of sp³-hybridized carbons (Fsp3) is 0.783. The lowest BCUT2D eigenvalue weighted by molar-refractivity contribution is -0.147. The largest absolute Gasteiger partial charge is 0.342 e. The van der Waals surface area contributed by atoms with Gasteiger partial charge in [0.15, 0.2) is 5.69 Å². The number of hydrogen-bond acceptors (Lipinski definition) is 4. The van der Waals surface area contributed by atoms with E-state index >= 15 is 0 Å². The fourth-order valence-electron chi connectivity index (χ4n) is 6.38. The summed E-state index contributed by atoms with van der Waals surface area (Å²) in [7, 11) is -0.911. The Morgan fingerprint density at radius 1 is 1.19 bits per heavy atom. The summed E-state index contributed by atoms with van der Waals surface area (Å²) in [6.45, 7) is 7.74. The molecular formula is C23H36N4O3S. The highest BCUT2D eigenvalue weighted by molar-refractivity contribution is 7.93. The minimum absolute atomic E-state index is 0.0704. The molecule has 8 heteroatoms. The molecule has 1 aromatic rings. The second-order valence-corrected chi connectivity index (χ2v) is 12.9. The van der Waals surface area contributed by atoms with Gasteiger partial charge in [-0.15, -0.1) is 0 Å². The molecule has 2 heterocycles. The molecule has 0 N–H and O–H groups in total. The number of piperidine rings is 1. The first kappa shape index (κ1) is 22.5. The van der Waals surface area contributed by atoms with Crippen molar-refractivity contribution in [2.75, 3.05) is 19.3 Å². The second kappa shape index (κ2) is 7.71. The van der Waals surface area contributed by atoms with Gasteiger partial charge in [0, 0.05) is 37.3 Å². The van der Waals surface area contributed by atoms with E-state index in [1.54, 1.807) is 24.1 Å². The van der Waals surface area contributed by atoms with Crippen LogP contribution in [0.1, 0.15) is 75.5 Å². The van der Waals surface area contributed by atoms with E-state index in [9.17, 15) is 13.8 Å². The van der Waals surface area contributed by atoms with Crippen molar-refractivity contribution in [3.05, 3.63) is 17.5 Å². The van der Waals surface area contributed by atoms with Crippen molar-refractivity contribution in [3.8, 4) is 0 Å². The van der Waals surface area contributed by atoms with E-state index in [1.807, 2.05) is 11.8 Å². The van der Waals surface area contributed by atoms with Crippen molar-refractivity contribution in [2.24, 2.45) is 28.2 Å². The first-order valence-electron chi connectivity index (χ1n) is 11.6. The maximum atomic E-state index is 13.5. The molecule has 3 aliphatic rings. The molecule has 0 aromatic carbocycles. The molecule has 2 amide bonds. The van der Waals surface area contributed by atoms with Crippen molar-refractivity contribution in [3.63, 3.8) is 0 Å². The zero-order chi connectivity index (χ0) is 22.6. The number of amides is 2. The SMILES string of the molecule is CCc1cc(C(=O)N=S(C)(=O)C2CCN(C(=O)C34CCC(CC3)C4(C)C)CC2)nn1C. The van der Waals surface area contributed by atoms with E-state index in [2.05, 4.69) is 23.3 Å². The van der Waals surface area contributed by atoms with Gasteiger partial charge in [-0.05, 0) is 62.3 Å². The molecule has 0 radical (unpaired) electrons. The fourth-order valence-corrected chi connectivity index (χ4v) is 8.04. The van der Waals surface area contributed by atoms with Crippen LogP contribution >= 0.6 is 0 Å². The topological polar surface area (TPSA) is 84.6 Å². The van der Waals surface area contributed by atoms with E-state index in [1.165, 1.54) is 0 Å². The lowest BCUT2D eigenvalue weighted by atomic mass is 9.68. The van der Waals surface area contributed by atoms with Gasteiger partial charge >= 0.3 is 5.91 Å². The van der Waals surface area contributed by atoms with Crippen LogP contribution in [-0.2, 0) is 28.0 Å². The predicted octanol–water partition coefficient (Wildman–Crippen LogP) is 3.43. The van der Waals surface area contributed by atoms with E-state index in [-0.39, 0.29) is 21.8 Å². The van der Waals surface area contributed by atoms with Crippen LogP contribution in [0.2, 0.25) is 0 Å². The van der Waals surface area contributed by atoms with Gasteiger partial charge in [0.25, 0.3) is 0 Å². The van der Waals surface area contributed by atoms with Crippen molar-refractivity contribution in [2.45, 2.75) is 71.0 Å². The van der Waals surface area contributed by atoms with Crippen LogP contribution in [0.25, 0.3) is 0 Å². The monoisotopic (exact) mass is 448 g/mol. The highest BCUT2D eigenvalue weighted by Crippen LogP contribution is 2.66. The van der Waals surface area contributed by atoms with Gasteiger partial charge in [0.05, 0.1) is 15.1 Å². The minimum Gasteiger partial charge on any atom is -0.342 e. The van der Waals surface area contributed by atoms with Gasteiger partial charge in [-0.25, -0.2) is 4.21 Å². The van der Waals surface area contributed by atoms with Crippen LogP contribution in [0.4, 0.5) is 0 Å². The smallest absolute Gasteiger partial charge is 0.305 e. The predicted molar refractivity (Wildman–Crippen MR) is 121 cm³/mol. The van der Waals surface area contributed by atoms with Crippen LogP contribution in [-0.4, -0.2) is 55.3 Å². The van der Waals surface area contributed by atoms with Crippen molar-refractivity contribution in [1.82, 2.24) is 14.7 Å². The van der Waals surface area contributed by atoms with Gasteiger partial charge in [-0.3, -0.25) is 14.3 Å². The quantitative estimate of drug-likeness (QED) is 0.706. The van der Waals surface area contributed by atoms with Crippen molar-refractivity contribution < 1.29 is 13.8 Å². The lowest BCUT2D eigenvalue weighted by Crippen LogP contribution is -2.51. The molecule has 1 saturated heterocycles. The number of carbonyl (C=O) groups is 2. The molecule has 1 unspecified atom stereocenters. The molecule has 0 spiro atoms. The standard InChI is InChI=1S/C23H36N4O3S/c1-6-17-15-19(24-26(17)4)20(28)25-31(5,30)18-9-13-27(14-10-18)21(29)23-11-7-16(8-12-23)22(23,2)3/h15-16,18H,6-14H2,1-5H3. The van der Waals surface area contributed by atoms with Gasteiger partial charge < -0.3 is 4.90 Å². The molecule has 2 saturated carbocycles. The van der Waals surface area contributed by atoms with E-state index in [0.29, 0.717) is 37.8 Å². The van der Waals surface area contributed by atoms with Crippen LogP contribution < -0.4 is 0 Å². The van der Waals surface area contributed by atoms with Crippen LogP contribution in [0.3, 0.4) is 0 Å². The molecule has 3 fully saturated rings. The Morgan fingerprint density at radius 3 is 2.29 bits per heavy atom. The second-order valence-electron chi connectivity index (χ2n) is 10.3. The summed E-state index contributed by atoms with van der Waals surface area (Å²) in [6.07, 6.45) is 7.92. The Kier molecular flexibility index (Phi) is 5.59. The molecular weight excluding hydrogens is 412 g/mol. The zero-order valence-electron chi connectivity index (χ0n) is 19.5. The molecule has 7 nitrogen and oxygen atoms in total. The average Bonchev–Trinajstić information content (AvgIpc) is 3.33.